The van der Waals surface area contributed by atoms with Crippen molar-refractivity contribution in [2.45, 2.75) is 12.8 Å². The van der Waals surface area contributed by atoms with Crippen molar-refractivity contribution in [2.24, 2.45) is 0 Å². The predicted molar refractivity (Wildman–Crippen MR) is 117 cm³/mol. The third-order valence-corrected chi connectivity index (χ3v) is 4.50. The molecule has 3 aromatic rings. The van der Waals surface area contributed by atoms with Gasteiger partial charge in [0, 0.05) is 22.9 Å². The van der Waals surface area contributed by atoms with Gasteiger partial charge in [-0.25, -0.2) is 4.39 Å². The van der Waals surface area contributed by atoms with Gasteiger partial charge in [-0.15, -0.1) is 0 Å². The summed E-state index contributed by atoms with van der Waals surface area (Å²) in [5.74, 6) is -2.53. The fourth-order valence-corrected chi connectivity index (χ4v) is 2.93. The first-order chi connectivity index (χ1) is 16.5. The lowest BCUT2D eigenvalue weighted by Crippen LogP contribution is -2.17. The highest BCUT2D eigenvalue weighted by atomic mass is 19.4. The molecule has 3 rings (SSSR count). The average Bonchev–Trinajstić information content (AvgIpc) is 2.79. The monoisotopic (exact) mass is 494 g/mol. The van der Waals surface area contributed by atoms with E-state index in [0.29, 0.717) is 6.07 Å². The van der Waals surface area contributed by atoms with E-state index < -0.39 is 41.7 Å². The Morgan fingerprint density at radius 3 is 2.26 bits per heavy atom. The molecule has 0 spiro atoms. The molecule has 0 aliphatic rings. The number of anilines is 2. The number of amides is 2. The molecule has 0 aliphatic heterocycles. The van der Waals surface area contributed by atoms with Crippen molar-refractivity contribution in [3.63, 3.8) is 0 Å². The highest BCUT2D eigenvalue weighted by Crippen LogP contribution is 2.36. The molecule has 0 unspecified atom stereocenters. The lowest BCUT2D eigenvalue weighted by atomic mass is 10.1. The molecule has 0 aliphatic carbocycles. The van der Waals surface area contributed by atoms with E-state index in [0.717, 1.165) is 36.4 Å². The van der Waals surface area contributed by atoms with Gasteiger partial charge in [0.1, 0.15) is 11.6 Å². The van der Waals surface area contributed by atoms with Crippen LogP contribution in [0.3, 0.4) is 0 Å². The molecule has 5 nitrogen and oxygen atoms in total. The van der Waals surface area contributed by atoms with Crippen molar-refractivity contribution >= 4 is 29.3 Å². The Hall–Kier alpha value is -4.28. The molecule has 0 saturated heterocycles. The van der Waals surface area contributed by atoms with Crippen molar-refractivity contribution in [1.82, 2.24) is 0 Å². The summed E-state index contributed by atoms with van der Waals surface area (Å²) in [6.45, 7) is -3.10. The van der Waals surface area contributed by atoms with E-state index in [1.807, 2.05) is 0 Å². The molecule has 0 atom stereocenters. The molecule has 0 radical (unpaired) electrons. The number of hydrogen-bond acceptors (Lipinski definition) is 3. The van der Waals surface area contributed by atoms with Gasteiger partial charge < -0.3 is 15.4 Å². The first kappa shape index (κ1) is 25.3. The number of hydrogen-bond donors (Lipinski definition) is 2. The maximum Gasteiger partial charge on any atom is 0.418 e. The number of nitrogens with one attached hydrogen (secondary N) is 2. The predicted octanol–water partition coefficient (Wildman–Crippen LogP) is 6.35. The summed E-state index contributed by atoms with van der Waals surface area (Å²) in [7, 11) is 0. The number of ether oxygens (including phenoxy) is 1. The van der Waals surface area contributed by atoms with Crippen LogP contribution in [0.2, 0.25) is 0 Å². The summed E-state index contributed by atoms with van der Waals surface area (Å²) in [5, 5.41) is 4.35. The van der Waals surface area contributed by atoms with E-state index in [2.05, 4.69) is 15.4 Å². The van der Waals surface area contributed by atoms with Gasteiger partial charge in [0.15, 0.2) is 0 Å². The molecule has 0 saturated carbocycles. The van der Waals surface area contributed by atoms with Gasteiger partial charge >= 0.3 is 12.8 Å². The van der Waals surface area contributed by atoms with Crippen molar-refractivity contribution in [2.75, 3.05) is 10.6 Å². The summed E-state index contributed by atoms with van der Waals surface area (Å²) < 4.78 is 83.1. The van der Waals surface area contributed by atoms with Gasteiger partial charge in [-0.2, -0.15) is 22.0 Å². The number of carbonyl (C=O) groups is 2. The lowest BCUT2D eigenvalue weighted by molar-refractivity contribution is -0.136. The molecule has 2 amide bonds. The SMILES string of the molecule is O=C(/C=C/c1ccccc1OC(F)F)Nc1ccc(NC(=O)c2ccc(F)cc2)cc1C(F)(F)F. The first-order valence-corrected chi connectivity index (χ1v) is 9.84. The number of alkyl halides is 5. The minimum absolute atomic E-state index is 0.0265. The van der Waals surface area contributed by atoms with Crippen LogP contribution in [-0.4, -0.2) is 18.4 Å². The molecule has 0 aromatic heterocycles. The first-order valence-electron chi connectivity index (χ1n) is 9.84. The van der Waals surface area contributed by atoms with Crippen LogP contribution in [0.25, 0.3) is 6.08 Å². The molecule has 35 heavy (non-hydrogen) atoms. The molecule has 11 heteroatoms. The average molecular weight is 494 g/mol. The number of halogens is 6. The zero-order valence-electron chi connectivity index (χ0n) is 17.6. The van der Waals surface area contributed by atoms with E-state index in [9.17, 15) is 35.9 Å². The fourth-order valence-electron chi connectivity index (χ4n) is 2.93. The van der Waals surface area contributed by atoms with Gasteiger partial charge in [-0.05, 0) is 54.6 Å². The third-order valence-electron chi connectivity index (χ3n) is 4.50. The molecular formula is C24H16F6N2O3. The van der Waals surface area contributed by atoms with Crippen LogP contribution < -0.4 is 15.4 Å². The van der Waals surface area contributed by atoms with E-state index in [4.69, 9.17) is 0 Å². The summed E-state index contributed by atoms with van der Waals surface area (Å²) in [5.41, 5.74) is -1.91. The lowest BCUT2D eigenvalue weighted by Gasteiger charge is -2.15. The van der Waals surface area contributed by atoms with Crippen LogP contribution in [0.5, 0.6) is 5.75 Å². The summed E-state index contributed by atoms with van der Waals surface area (Å²) in [6.07, 6.45) is -2.92. The highest BCUT2D eigenvalue weighted by molar-refractivity contribution is 6.05. The summed E-state index contributed by atoms with van der Waals surface area (Å²) >= 11 is 0. The van der Waals surface area contributed by atoms with Crippen LogP contribution >= 0.6 is 0 Å². The Balaban J connectivity index is 1.78. The highest BCUT2D eigenvalue weighted by Gasteiger charge is 2.34. The van der Waals surface area contributed by atoms with Gasteiger partial charge in [0.2, 0.25) is 5.91 Å². The van der Waals surface area contributed by atoms with Gasteiger partial charge in [0.25, 0.3) is 5.91 Å². The zero-order chi connectivity index (χ0) is 25.6. The Morgan fingerprint density at radius 2 is 1.60 bits per heavy atom. The van der Waals surface area contributed by atoms with Crippen LogP contribution in [-0.2, 0) is 11.0 Å². The Kier molecular flexibility index (Phi) is 7.80. The van der Waals surface area contributed by atoms with Crippen molar-refractivity contribution in [3.05, 3.63) is 95.3 Å². The molecule has 0 fully saturated rings. The Bertz CT molecular complexity index is 1240. The summed E-state index contributed by atoms with van der Waals surface area (Å²) in [4.78, 5) is 24.4. The second-order valence-corrected chi connectivity index (χ2v) is 6.96. The van der Waals surface area contributed by atoms with Gasteiger partial charge in [-0.3, -0.25) is 9.59 Å². The van der Waals surface area contributed by atoms with Crippen LogP contribution in [0.4, 0.5) is 37.7 Å². The summed E-state index contributed by atoms with van der Waals surface area (Å²) in [6, 6.07) is 12.7. The van der Waals surface area contributed by atoms with E-state index in [1.165, 1.54) is 36.4 Å². The van der Waals surface area contributed by atoms with E-state index >= 15 is 0 Å². The second-order valence-electron chi connectivity index (χ2n) is 6.96. The fraction of sp³-hybridized carbons (Fsp3) is 0.0833. The van der Waals surface area contributed by atoms with Crippen LogP contribution in [0.1, 0.15) is 21.5 Å². The number of rotatable bonds is 7. The Morgan fingerprint density at radius 1 is 0.914 bits per heavy atom. The number of benzene rings is 3. The largest absolute Gasteiger partial charge is 0.434 e. The van der Waals surface area contributed by atoms with Gasteiger partial charge in [-0.1, -0.05) is 18.2 Å². The molecule has 0 bridgehead atoms. The normalized spacial score (nSPS) is 11.5. The topological polar surface area (TPSA) is 67.4 Å². The smallest absolute Gasteiger partial charge is 0.418 e. The molecule has 0 heterocycles. The molecule has 182 valence electrons. The Labute approximate surface area is 195 Å². The van der Waals surface area contributed by atoms with Gasteiger partial charge in [0.05, 0.1) is 11.3 Å². The van der Waals surface area contributed by atoms with Crippen LogP contribution in [0.15, 0.2) is 72.8 Å². The quantitative estimate of drug-likeness (QED) is 0.297. The minimum Gasteiger partial charge on any atom is -0.434 e. The van der Waals surface area contributed by atoms with E-state index in [-0.39, 0.29) is 22.6 Å². The van der Waals surface area contributed by atoms with Crippen molar-refractivity contribution in [3.8, 4) is 5.75 Å². The molecule has 3 aromatic carbocycles. The van der Waals surface area contributed by atoms with Crippen molar-refractivity contribution < 1.29 is 40.7 Å². The van der Waals surface area contributed by atoms with E-state index in [1.54, 1.807) is 0 Å². The molecular weight excluding hydrogens is 478 g/mol. The maximum atomic E-state index is 13.6. The standard InChI is InChI=1S/C24H16F6N2O3/c25-16-8-5-15(6-9-16)22(34)31-17-10-11-19(18(13-17)24(28,29)30)32-21(33)12-7-14-3-1-2-4-20(14)35-23(26)27/h1-13,23H,(H,31,34)(H,32,33)/b12-7+. The maximum absolute atomic E-state index is 13.6. The number of carbonyl (C=O) groups excluding carboxylic acids is 2. The minimum atomic E-state index is -4.89. The second kappa shape index (κ2) is 10.8. The number of para-hydroxylation sites is 1. The molecule has 2 N–H and O–H groups in total. The third kappa shape index (κ3) is 7.10. The van der Waals surface area contributed by atoms with Crippen molar-refractivity contribution in [1.29, 1.82) is 0 Å². The zero-order valence-corrected chi connectivity index (χ0v) is 17.6. The van der Waals surface area contributed by atoms with Crippen LogP contribution in [0, 0.1) is 5.82 Å².